The molecular weight excluding hydrogens is 144 g/mol. The monoisotopic (exact) mass is 162 g/mol. The highest BCUT2D eigenvalue weighted by Gasteiger charge is 1.99. The zero-order chi connectivity index (χ0) is 7.82. The molecule has 0 aromatic rings. The van der Waals surface area contributed by atoms with Gasteiger partial charge in [-0.3, -0.25) is 0 Å². The summed E-state index contributed by atoms with van der Waals surface area (Å²) in [7, 11) is 0. The van der Waals surface area contributed by atoms with Crippen molar-refractivity contribution in [2.24, 2.45) is 5.73 Å². The Morgan fingerprint density at radius 3 is 2.70 bits per heavy atom. The van der Waals surface area contributed by atoms with Crippen molar-refractivity contribution >= 4 is 11.8 Å². The Balaban J connectivity index is 3.09. The van der Waals surface area contributed by atoms with Crippen molar-refractivity contribution in [3.63, 3.8) is 0 Å². The van der Waals surface area contributed by atoms with Crippen LogP contribution in [-0.4, -0.2) is 31.1 Å². The zero-order valence-corrected chi connectivity index (χ0v) is 7.71. The van der Waals surface area contributed by atoms with Crippen molar-refractivity contribution in [2.45, 2.75) is 19.4 Å². The lowest BCUT2D eigenvalue weighted by Gasteiger charge is -2.13. The van der Waals surface area contributed by atoms with E-state index in [1.807, 2.05) is 11.8 Å². The van der Waals surface area contributed by atoms with E-state index < -0.39 is 0 Å². The van der Waals surface area contributed by atoms with E-state index in [-0.39, 0.29) is 0 Å². The maximum Gasteiger partial charge on any atom is 0.0187 e. The number of hydrogen-bond acceptors (Lipinski definition) is 3. The van der Waals surface area contributed by atoms with E-state index in [2.05, 4.69) is 18.5 Å². The molecular formula is C7H18N2S. The molecule has 0 bridgehead atoms. The van der Waals surface area contributed by atoms with Gasteiger partial charge in [0, 0.05) is 24.9 Å². The molecule has 10 heavy (non-hydrogen) atoms. The third-order valence-electron chi connectivity index (χ3n) is 1.52. The molecule has 3 N–H and O–H groups in total. The van der Waals surface area contributed by atoms with Crippen LogP contribution in [0.2, 0.25) is 0 Å². The Labute approximate surface area is 67.9 Å². The molecule has 0 aliphatic rings. The summed E-state index contributed by atoms with van der Waals surface area (Å²) in [6.07, 6.45) is 3.25. The van der Waals surface area contributed by atoms with Gasteiger partial charge in [0.15, 0.2) is 0 Å². The van der Waals surface area contributed by atoms with Crippen LogP contribution in [-0.2, 0) is 0 Å². The molecule has 2 nitrogen and oxygen atoms in total. The highest BCUT2D eigenvalue weighted by atomic mass is 32.2. The van der Waals surface area contributed by atoms with Crippen molar-refractivity contribution in [1.29, 1.82) is 0 Å². The first-order chi connectivity index (χ1) is 4.85. The summed E-state index contributed by atoms with van der Waals surface area (Å²) in [6.45, 7) is 3.99. The molecule has 0 aliphatic heterocycles. The predicted molar refractivity (Wildman–Crippen MR) is 49.5 cm³/mol. The minimum atomic E-state index is 0.521. The molecule has 0 rings (SSSR count). The van der Waals surface area contributed by atoms with Crippen molar-refractivity contribution in [2.75, 3.05) is 25.1 Å². The minimum Gasteiger partial charge on any atom is -0.329 e. The van der Waals surface area contributed by atoms with Crippen LogP contribution in [0.1, 0.15) is 13.3 Å². The molecule has 0 fully saturated rings. The molecule has 0 saturated carbocycles. The second-order valence-electron chi connectivity index (χ2n) is 2.29. The second-order valence-corrected chi connectivity index (χ2v) is 3.27. The number of nitrogens with one attached hydrogen (secondary N) is 1. The molecule has 0 amide bonds. The maximum atomic E-state index is 5.50. The van der Waals surface area contributed by atoms with Gasteiger partial charge in [0.1, 0.15) is 0 Å². The van der Waals surface area contributed by atoms with Crippen molar-refractivity contribution in [3.8, 4) is 0 Å². The van der Waals surface area contributed by atoms with Gasteiger partial charge in [-0.15, -0.1) is 0 Å². The normalized spacial score (nSPS) is 13.5. The second kappa shape index (κ2) is 7.38. The molecule has 0 aliphatic carbocycles. The fourth-order valence-electron chi connectivity index (χ4n) is 0.759. The van der Waals surface area contributed by atoms with Crippen LogP contribution in [0.3, 0.4) is 0 Å². The summed E-state index contributed by atoms with van der Waals surface area (Å²) in [4.78, 5) is 0. The largest absolute Gasteiger partial charge is 0.329 e. The number of thioether (sulfide) groups is 1. The van der Waals surface area contributed by atoms with Gasteiger partial charge in [-0.2, -0.15) is 11.8 Å². The average Bonchev–Trinajstić information content (AvgIpc) is 1.99. The van der Waals surface area contributed by atoms with E-state index in [4.69, 9.17) is 5.73 Å². The highest BCUT2D eigenvalue weighted by Crippen LogP contribution is 1.90. The molecule has 1 atom stereocenters. The first-order valence-electron chi connectivity index (χ1n) is 3.77. The van der Waals surface area contributed by atoms with Gasteiger partial charge in [-0.1, -0.05) is 6.92 Å². The van der Waals surface area contributed by atoms with E-state index in [9.17, 15) is 0 Å². The Morgan fingerprint density at radius 1 is 1.60 bits per heavy atom. The third-order valence-corrected chi connectivity index (χ3v) is 2.13. The summed E-state index contributed by atoms with van der Waals surface area (Å²) in [5.41, 5.74) is 5.50. The lowest BCUT2D eigenvalue weighted by molar-refractivity contribution is 0.524. The van der Waals surface area contributed by atoms with Crippen LogP contribution in [0.25, 0.3) is 0 Å². The molecule has 0 saturated heterocycles. The van der Waals surface area contributed by atoms with Gasteiger partial charge in [-0.25, -0.2) is 0 Å². The fourth-order valence-corrected chi connectivity index (χ4v) is 1.08. The van der Waals surface area contributed by atoms with E-state index in [0.29, 0.717) is 6.04 Å². The van der Waals surface area contributed by atoms with Gasteiger partial charge >= 0.3 is 0 Å². The smallest absolute Gasteiger partial charge is 0.0187 e. The van der Waals surface area contributed by atoms with Gasteiger partial charge in [0.25, 0.3) is 0 Å². The molecule has 0 heterocycles. The molecule has 1 unspecified atom stereocenters. The molecule has 0 radical (unpaired) electrons. The van der Waals surface area contributed by atoms with Gasteiger partial charge in [0.2, 0.25) is 0 Å². The Bertz CT molecular complexity index is 64.6. The van der Waals surface area contributed by atoms with E-state index in [0.717, 1.165) is 19.5 Å². The Morgan fingerprint density at radius 2 is 2.30 bits per heavy atom. The van der Waals surface area contributed by atoms with E-state index in [1.165, 1.54) is 5.75 Å². The standard InChI is InChI=1S/C7H18N2S/c1-3-7(6-8)9-4-5-10-2/h7,9H,3-6,8H2,1-2H3. The highest BCUT2D eigenvalue weighted by molar-refractivity contribution is 7.98. The zero-order valence-electron chi connectivity index (χ0n) is 6.89. The lowest BCUT2D eigenvalue weighted by atomic mass is 10.2. The maximum absolute atomic E-state index is 5.50. The number of rotatable bonds is 6. The summed E-state index contributed by atoms with van der Waals surface area (Å²) >= 11 is 1.86. The van der Waals surface area contributed by atoms with Crippen molar-refractivity contribution in [3.05, 3.63) is 0 Å². The van der Waals surface area contributed by atoms with E-state index >= 15 is 0 Å². The van der Waals surface area contributed by atoms with Crippen molar-refractivity contribution in [1.82, 2.24) is 5.32 Å². The lowest BCUT2D eigenvalue weighted by Crippen LogP contribution is -2.36. The molecule has 0 aromatic carbocycles. The van der Waals surface area contributed by atoms with Crippen LogP contribution < -0.4 is 11.1 Å². The molecule has 3 heteroatoms. The van der Waals surface area contributed by atoms with Gasteiger partial charge < -0.3 is 11.1 Å². The summed E-state index contributed by atoms with van der Waals surface area (Å²) in [5.74, 6) is 1.18. The van der Waals surface area contributed by atoms with Crippen LogP contribution in [0, 0.1) is 0 Å². The van der Waals surface area contributed by atoms with Gasteiger partial charge in [0.05, 0.1) is 0 Å². The average molecular weight is 162 g/mol. The molecule has 0 aromatic heterocycles. The topological polar surface area (TPSA) is 38.0 Å². The van der Waals surface area contributed by atoms with Crippen LogP contribution in [0.15, 0.2) is 0 Å². The predicted octanol–water partition coefficient (Wildman–Crippen LogP) is 0.676. The van der Waals surface area contributed by atoms with Crippen LogP contribution >= 0.6 is 11.8 Å². The summed E-state index contributed by atoms with van der Waals surface area (Å²) in [6, 6.07) is 0.521. The number of nitrogens with two attached hydrogens (primary N) is 1. The quantitative estimate of drug-likeness (QED) is 0.564. The fraction of sp³-hybridized carbons (Fsp3) is 1.00. The number of hydrogen-bond donors (Lipinski definition) is 2. The SMILES string of the molecule is CCC(CN)NCCSC. The van der Waals surface area contributed by atoms with E-state index in [1.54, 1.807) is 0 Å². The minimum absolute atomic E-state index is 0.521. The van der Waals surface area contributed by atoms with Crippen LogP contribution in [0.5, 0.6) is 0 Å². The summed E-state index contributed by atoms with van der Waals surface area (Å²) < 4.78 is 0. The van der Waals surface area contributed by atoms with Crippen molar-refractivity contribution < 1.29 is 0 Å². The van der Waals surface area contributed by atoms with Crippen LogP contribution in [0.4, 0.5) is 0 Å². The van der Waals surface area contributed by atoms with Gasteiger partial charge in [-0.05, 0) is 12.7 Å². The Kier molecular flexibility index (Phi) is 7.58. The first-order valence-corrected chi connectivity index (χ1v) is 5.16. The molecule has 0 spiro atoms. The Hall–Kier alpha value is 0.270. The first kappa shape index (κ1) is 10.3. The molecule has 62 valence electrons. The third kappa shape index (κ3) is 5.09. The summed E-state index contributed by atoms with van der Waals surface area (Å²) in [5, 5.41) is 3.37.